The average Bonchev–Trinajstić information content (AvgIpc) is 2.87. The zero-order valence-corrected chi connectivity index (χ0v) is 14.8. The van der Waals surface area contributed by atoms with Crippen LogP contribution < -0.4 is 0 Å². The van der Waals surface area contributed by atoms with Gasteiger partial charge in [-0.05, 0) is 13.0 Å². The van der Waals surface area contributed by atoms with Gasteiger partial charge < -0.3 is 9.80 Å². The molecule has 2 heterocycles. The lowest BCUT2D eigenvalue weighted by atomic mass is 10.2. The highest BCUT2D eigenvalue weighted by atomic mass is 32.2. The van der Waals surface area contributed by atoms with Crippen LogP contribution >= 0.6 is 0 Å². The summed E-state index contributed by atoms with van der Waals surface area (Å²) in [5, 5.41) is 0. The van der Waals surface area contributed by atoms with Gasteiger partial charge in [0.05, 0.1) is 11.5 Å². The Balaban J connectivity index is 1.78. The van der Waals surface area contributed by atoms with E-state index >= 15 is 0 Å². The van der Waals surface area contributed by atoms with E-state index in [1.54, 1.807) is 16.7 Å². The Bertz CT molecular complexity index is 541. The van der Waals surface area contributed by atoms with E-state index in [1.807, 2.05) is 6.92 Å². The lowest BCUT2D eigenvalue weighted by Gasteiger charge is -2.35. The van der Waals surface area contributed by atoms with Crippen LogP contribution in [0, 0.1) is 0 Å². The minimum Gasteiger partial charge on any atom is -0.339 e. The van der Waals surface area contributed by atoms with Gasteiger partial charge >= 0.3 is 0 Å². The predicted molar refractivity (Wildman–Crippen MR) is 87.8 cm³/mol. The van der Waals surface area contributed by atoms with Crippen LogP contribution in [0.4, 0.5) is 0 Å². The number of carbonyl (C=O) groups is 2. The Morgan fingerprint density at radius 1 is 1.13 bits per heavy atom. The maximum atomic E-state index is 12.3. The van der Waals surface area contributed by atoms with E-state index in [4.69, 9.17) is 0 Å². The van der Waals surface area contributed by atoms with E-state index in [9.17, 15) is 18.0 Å². The van der Waals surface area contributed by atoms with Gasteiger partial charge in [-0.2, -0.15) is 0 Å². The summed E-state index contributed by atoms with van der Waals surface area (Å²) in [5.74, 6) is 0.616. The first kappa shape index (κ1) is 18.2. The standard InChI is InChI=1S/C15H27N3O4S/c1-3-16(14-5-11-23(21,22)12-14)6-4-15(20)18-9-7-17(8-10-18)13(2)19/h14H,3-12H2,1-2H3. The zero-order valence-electron chi connectivity index (χ0n) is 14.0. The second-order valence-electron chi connectivity index (χ2n) is 6.32. The molecule has 2 aliphatic heterocycles. The third kappa shape index (κ3) is 4.91. The van der Waals surface area contributed by atoms with Crippen molar-refractivity contribution in [2.75, 3.05) is 50.8 Å². The van der Waals surface area contributed by atoms with Crippen LogP contribution in [0.1, 0.15) is 26.7 Å². The zero-order chi connectivity index (χ0) is 17.0. The molecule has 7 nitrogen and oxygen atoms in total. The number of amides is 2. The molecule has 0 N–H and O–H groups in total. The molecule has 0 spiro atoms. The summed E-state index contributed by atoms with van der Waals surface area (Å²) in [7, 11) is -2.90. The molecule has 2 fully saturated rings. The predicted octanol–water partition coefficient (Wildman–Crippen LogP) is -0.424. The Kier molecular flexibility index (Phi) is 6.02. The number of hydrogen-bond acceptors (Lipinski definition) is 5. The van der Waals surface area contributed by atoms with Crippen LogP contribution in [0.25, 0.3) is 0 Å². The third-order valence-corrected chi connectivity index (χ3v) is 6.57. The normalized spacial score (nSPS) is 24.2. The number of carbonyl (C=O) groups excluding carboxylic acids is 2. The first-order valence-corrected chi connectivity index (χ1v) is 10.1. The fourth-order valence-corrected chi connectivity index (χ4v) is 5.09. The van der Waals surface area contributed by atoms with Gasteiger partial charge in [-0.1, -0.05) is 6.92 Å². The molecule has 0 bridgehead atoms. The molecule has 0 aromatic rings. The van der Waals surface area contributed by atoms with Crippen LogP contribution in [-0.2, 0) is 19.4 Å². The Hall–Kier alpha value is -1.15. The molecule has 0 aromatic heterocycles. The summed E-state index contributed by atoms with van der Waals surface area (Å²) in [6.07, 6.45) is 1.08. The quantitative estimate of drug-likeness (QED) is 0.676. The van der Waals surface area contributed by atoms with Crippen molar-refractivity contribution in [1.82, 2.24) is 14.7 Å². The molecule has 2 saturated heterocycles. The van der Waals surface area contributed by atoms with Gasteiger partial charge in [0.1, 0.15) is 0 Å². The molecule has 0 aliphatic carbocycles. The first-order chi connectivity index (χ1) is 10.8. The highest BCUT2D eigenvalue weighted by Crippen LogP contribution is 2.18. The van der Waals surface area contributed by atoms with Crippen molar-refractivity contribution in [2.24, 2.45) is 0 Å². The minimum absolute atomic E-state index is 0.0485. The number of sulfone groups is 1. The van der Waals surface area contributed by atoms with Crippen LogP contribution in [0.3, 0.4) is 0 Å². The van der Waals surface area contributed by atoms with Crippen molar-refractivity contribution >= 4 is 21.7 Å². The van der Waals surface area contributed by atoms with E-state index < -0.39 is 9.84 Å². The van der Waals surface area contributed by atoms with E-state index in [0.29, 0.717) is 45.6 Å². The average molecular weight is 345 g/mol. The molecule has 23 heavy (non-hydrogen) atoms. The van der Waals surface area contributed by atoms with Gasteiger partial charge in [0.15, 0.2) is 9.84 Å². The van der Waals surface area contributed by atoms with Crippen molar-refractivity contribution in [3.8, 4) is 0 Å². The fraction of sp³-hybridized carbons (Fsp3) is 0.867. The molecule has 2 amide bonds. The molecule has 0 aromatic carbocycles. The highest BCUT2D eigenvalue weighted by molar-refractivity contribution is 7.91. The molecule has 0 saturated carbocycles. The van der Waals surface area contributed by atoms with E-state index in [1.165, 1.54) is 0 Å². The molecule has 132 valence electrons. The van der Waals surface area contributed by atoms with Gasteiger partial charge in [-0.3, -0.25) is 14.5 Å². The highest BCUT2D eigenvalue weighted by Gasteiger charge is 2.32. The van der Waals surface area contributed by atoms with E-state index in [2.05, 4.69) is 4.90 Å². The number of hydrogen-bond donors (Lipinski definition) is 0. The molecule has 8 heteroatoms. The summed E-state index contributed by atoms with van der Waals surface area (Å²) < 4.78 is 23.2. The van der Waals surface area contributed by atoms with Crippen molar-refractivity contribution in [1.29, 1.82) is 0 Å². The summed E-state index contributed by atoms with van der Waals surface area (Å²) in [6, 6.07) is 0.0485. The molecule has 1 unspecified atom stereocenters. The second kappa shape index (κ2) is 7.61. The summed E-state index contributed by atoms with van der Waals surface area (Å²) in [6.45, 7) is 7.27. The van der Waals surface area contributed by atoms with Crippen molar-refractivity contribution < 1.29 is 18.0 Å². The Morgan fingerprint density at radius 2 is 1.74 bits per heavy atom. The van der Waals surface area contributed by atoms with E-state index in [-0.39, 0.29) is 29.4 Å². The monoisotopic (exact) mass is 345 g/mol. The molecular weight excluding hydrogens is 318 g/mol. The van der Waals surface area contributed by atoms with E-state index in [0.717, 1.165) is 6.54 Å². The van der Waals surface area contributed by atoms with Gasteiger partial charge in [0, 0.05) is 52.1 Å². The minimum atomic E-state index is -2.90. The Morgan fingerprint density at radius 3 is 2.22 bits per heavy atom. The second-order valence-corrected chi connectivity index (χ2v) is 8.55. The topological polar surface area (TPSA) is 78.0 Å². The van der Waals surface area contributed by atoms with Gasteiger partial charge in [0.25, 0.3) is 0 Å². The summed E-state index contributed by atoms with van der Waals surface area (Å²) >= 11 is 0. The number of nitrogens with zero attached hydrogens (tertiary/aromatic N) is 3. The molecular formula is C15H27N3O4S. The smallest absolute Gasteiger partial charge is 0.223 e. The van der Waals surface area contributed by atoms with Crippen LogP contribution in [0.15, 0.2) is 0 Å². The van der Waals surface area contributed by atoms with Crippen LogP contribution in [0.2, 0.25) is 0 Å². The van der Waals surface area contributed by atoms with Crippen molar-refractivity contribution in [2.45, 2.75) is 32.7 Å². The number of piperazine rings is 1. The fourth-order valence-electron chi connectivity index (χ4n) is 3.33. The molecule has 0 radical (unpaired) electrons. The van der Waals surface area contributed by atoms with Gasteiger partial charge in [-0.25, -0.2) is 8.42 Å². The summed E-state index contributed by atoms with van der Waals surface area (Å²) in [5.41, 5.74) is 0. The van der Waals surface area contributed by atoms with Gasteiger partial charge in [0.2, 0.25) is 11.8 Å². The Labute approximate surface area is 138 Å². The maximum absolute atomic E-state index is 12.3. The lowest BCUT2D eigenvalue weighted by Crippen LogP contribution is -2.50. The van der Waals surface area contributed by atoms with Crippen LogP contribution in [-0.4, -0.2) is 91.7 Å². The third-order valence-electron chi connectivity index (χ3n) is 4.82. The van der Waals surface area contributed by atoms with Crippen LogP contribution in [0.5, 0.6) is 0 Å². The summed E-state index contributed by atoms with van der Waals surface area (Å²) in [4.78, 5) is 29.3. The molecule has 2 aliphatic rings. The molecule has 1 atom stereocenters. The molecule has 2 rings (SSSR count). The SMILES string of the molecule is CCN(CCC(=O)N1CCN(C(C)=O)CC1)C1CCS(=O)(=O)C1. The first-order valence-electron chi connectivity index (χ1n) is 8.30. The largest absolute Gasteiger partial charge is 0.339 e. The maximum Gasteiger partial charge on any atom is 0.223 e. The number of rotatable bonds is 5. The lowest BCUT2D eigenvalue weighted by molar-refractivity contribution is -0.138. The van der Waals surface area contributed by atoms with Gasteiger partial charge in [-0.15, -0.1) is 0 Å². The van der Waals surface area contributed by atoms with Crippen molar-refractivity contribution in [3.63, 3.8) is 0 Å². The van der Waals surface area contributed by atoms with Crippen molar-refractivity contribution in [3.05, 3.63) is 0 Å².